The summed E-state index contributed by atoms with van der Waals surface area (Å²) in [6.07, 6.45) is 3.85. The van der Waals surface area contributed by atoms with E-state index >= 15 is 0 Å². The molecule has 20 heavy (non-hydrogen) atoms. The Bertz CT molecular complexity index is 319. The third-order valence-electron chi connectivity index (χ3n) is 5.22. The molecular weight excluding hydrogens is 248 g/mol. The van der Waals surface area contributed by atoms with Crippen molar-refractivity contribution >= 4 is 0 Å². The molecule has 1 aliphatic heterocycles. The predicted molar refractivity (Wildman–Crippen MR) is 84.8 cm³/mol. The Labute approximate surface area is 125 Å². The highest BCUT2D eigenvalue weighted by molar-refractivity contribution is 5.04. The second kappa shape index (κ2) is 5.94. The van der Waals surface area contributed by atoms with Crippen LogP contribution in [0.3, 0.4) is 0 Å². The van der Waals surface area contributed by atoms with Crippen molar-refractivity contribution in [1.82, 2.24) is 10.2 Å². The molecule has 2 rings (SSSR count). The first-order valence-electron chi connectivity index (χ1n) is 8.38. The van der Waals surface area contributed by atoms with Gasteiger partial charge >= 0.3 is 0 Å². The Hall–Kier alpha value is -0.120. The molecule has 0 aromatic heterocycles. The number of aliphatic hydroxyl groups excluding tert-OH is 1. The van der Waals surface area contributed by atoms with Gasteiger partial charge in [0, 0.05) is 19.1 Å². The molecule has 2 aliphatic rings. The summed E-state index contributed by atoms with van der Waals surface area (Å²) in [5, 5.41) is 13.7. The average Bonchev–Trinajstić information content (AvgIpc) is 3.07. The molecule has 0 spiro atoms. The molecule has 0 aromatic rings. The van der Waals surface area contributed by atoms with Gasteiger partial charge in [0.25, 0.3) is 0 Å². The highest BCUT2D eigenvalue weighted by atomic mass is 16.3. The fourth-order valence-electron chi connectivity index (χ4n) is 3.81. The first-order valence-corrected chi connectivity index (χ1v) is 8.38. The lowest BCUT2D eigenvalue weighted by atomic mass is 9.80. The summed E-state index contributed by atoms with van der Waals surface area (Å²) in [4.78, 5) is 2.58. The van der Waals surface area contributed by atoms with Crippen LogP contribution in [0.5, 0.6) is 0 Å². The SMILES string of the molecule is CC(C)NC(CO)(CN1CCC(C(C)(C)C)C1)C1CC1. The van der Waals surface area contributed by atoms with E-state index in [4.69, 9.17) is 0 Å². The Kier molecular flexibility index (Phi) is 4.83. The van der Waals surface area contributed by atoms with Crippen LogP contribution in [-0.2, 0) is 0 Å². The summed E-state index contributed by atoms with van der Waals surface area (Å²) >= 11 is 0. The van der Waals surface area contributed by atoms with Gasteiger partial charge in [-0.25, -0.2) is 0 Å². The maximum atomic E-state index is 10.0. The smallest absolute Gasteiger partial charge is 0.0628 e. The molecule has 2 unspecified atom stereocenters. The third-order valence-corrected chi connectivity index (χ3v) is 5.22. The van der Waals surface area contributed by atoms with Gasteiger partial charge in [-0.1, -0.05) is 34.6 Å². The lowest BCUT2D eigenvalue weighted by molar-refractivity contribution is 0.0882. The van der Waals surface area contributed by atoms with Crippen molar-refractivity contribution in [3.8, 4) is 0 Å². The van der Waals surface area contributed by atoms with E-state index in [0.717, 1.165) is 12.5 Å². The van der Waals surface area contributed by atoms with Crippen LogP contribution in [-0.4, -0.2) is 47.8 Å². The van der Waals surface area contributed by atoms with Gasteiger partial charge < -0.3 is 15.3 Å². The Morgan fingerprint density at radius 2 is 1.80 bits per heavy atom. The molecule has 0 aromatic carbocycles. The van der Waals surface area contributed by atoms with E-state index in [1.807, 2.05) is 0 Å². The van der Waals surface area contributed by atoms with Crippen LogP contribution >= 0.6 is 0 Å². The van der Waals surface area contributed by atoms with Gasteiger partial charge in [-0.2, -0.15) is 0 Å². The zero-order valence-corrected chi connectivity index (χ0v) is 14.1. The molecular formula is C17H34N2O. The normalized spacial score (nSPS) is 28.1. The fraction of sp³-hybridized carbons (Fsp3) is 1.00. The molecule has 2 N–H and O–H groups in total. The van der Waals surface area contributed by atoms with Gasteiger partial charge in [-0.05, 0) is 43.1 Å². The molecule has 2 atom stereocenters. The standard InChI is InChI=1S/C17H34N2O/c1-13(2)18-17(12-20,14-6-7-14)11-19-9-8-15(10-19)16(3,4)5/h13-15,18,20H,6-12H2,1-5H3. The maximum absolute atomic E-state index is 10.0. The van der Waals surface area contributed by atoms with Crippen LogP contribution in [0.4, 0.5) is 0 Å². The lowest BCUT2D eigenvalue weighted by Crippen LogP contribution is -2.59. The van der Waals surface area contributed by atoms with Crippen molar-refractivity contribution in [3.63, 3.8) is 0 Å². The van der Waals surface area contributed by atoms with Crippen molar-refractivity contribution < 1.29 is 5.11 Å². The Balaban J connectivity index is 1.99. The van der Waals surface area contributed by atoms with Crippen molar-refractivity contribution in [1.29, 1.82) is 0 Å². The van der Waals surface area contributed by atoms with Crippen LogP contribution in [0.15, 0.2) is 0 Å². The van der Waals surface area contributed by atoms with Gasteiger partial charge in [0.15, 0.2) is 0 Å². The summed E-state index contributed by atoms with van der Waals surface area (Å²) in [5.74, 6) is 1.46. The van der Waals surface area contributed by atoms with E-state index in [1.54, 1.807) is 0 Å². The molecule has 2 fully saturated rings. The molecule has 0 radical (unpaired) electrons. The summed E-state index contributed by atoms with van der Waals surface area (Å²) < 4.78 is 0. The maximum Gasteiger partial charge on any atom is 0.0628 e. The van der Waals surface area contributed by atoms with Crippen molar-refractivity contribution in [2.45, 2.75) is 65.5 Å². The predicted octanol–water partition coefficient (Wildman–Crippen LogP) is 2.49. The number of hydrogen-bond acceptors (Lipinski definition) is 3. The van der Waals surface area contributed by atoms with E-state index < -0.39 is 0 Å². The second-order valence-corrected chi connectivity index (χ2v) is 8.47. The highest BCUT2D eigenvalue weighted by Gasteiger charge is 2.47. The van der Waals surface area contributed by atoms with E-state index in [9.17, 15) is 5.11 Å². The number of hydrogen-bond donors (Lipinski definition) is 2. The van der Waals surface area contributed by atoms with Gasteiger partial charge in [0.1, 0.15) is 0 Å². The molecule has 118 valence electrons. The Morgan fingerprint density at radius 3 is 2.20 bits per heavy atom. The number of aliphatic hydroxyl groups is 1. The minimum absolute atomic E-state index is 0.0685. The summed E-state index contributed by atoms with van der Waals surface area (Å²) in [6, 6.07) is 0.434. The molecule has 3 nitrogen and oxygen atoms in total. The van der Waals surface area contributed by atoms with E-state index in [-0.39, 0.29) is 12.1 Å². The van der Waals surface area contributed by atoms with Gasteiger partial charge in [0.05, 0.1) is 12.1 Å². The fourth-order valence-corrected chi connectivity index (χ4v) is 3.81. The lowest BCUT2D eigenvalue weighted by Gasteiger charge is -2.39. The second-order valence-electron chi connectivity index (χ2n) is 8.47. The monoisotopic (exact) mass is 282 g/mol. The van der Waals surface area contributed by atoms with E-state index in [0.29, 0.717) is 17.4 Å². The van der Waals surface area contributed by atoms with Gasteiger partial charge in [-0.3, -0.25) is 0 Å². The number of nitrogens with one attached hydrogen (secondary N) is 1. The zero-order valence-electron chi connectivity index (χ0n) is 14.1. The molecule has 1 heterocycles. The largest absolute Gasteiger partial charge is 0.394 e. The molecule has 1 saturated carbocycles. The minimum Gasteiger partial charge on any atom is -0.394 e. The highest BCUT2D eigenvalue weighted by Crippen LogP contribution is 2.42. The summed E-state index contributed by atoms with van der Waals surface area (Å²) in [5.41, 5.74) is 0.336. The van der Waals surface area contributed by atoms with Crippen LogP contribution in [0.1, 0.15) is 53.9 Å². The number of nitrogens with zero attached hydrogens (tertiary/aromatic N) is 1. The van der Waals surface area contributed by atoms with Crippen molar-refractivity contribution in [2.75, 3.05) is 26.2 Å². The van der Waals surface area contributed by atoms with Crippen molar-refractivity contribution in [2.24, 2.45) is 17.3 Å². The number of rotatable bonds is 6. The van der Waals surface area contributed by atoms with Crippen LogP contribution < -0.4 is 5.32 Å². The summed E-state index contributed by atoms with van der Waals surface area (Å²) in [7, 11) is 0. The summed E-state index contributed by atoms with van der Waals surface area (Å²) in [6.45, 7) is 15.1. The molecule has 3 heteroatoms. The number of likely N-dealkylation sites (tertiary alicyclic amines) is 1. The average molecular weight is 282 g/mol. The first kappa shape index (κ1) is 16.3. The molecule has 0 bridgehead atoms. The van der Waals surface area contributed by atoms with Gasteiger partial charge in [-0.15, -0.1) is 0 Å². The van der Waals surface area contributed by atoms with E-state index in [1.165, 1.54) is 32.4 Å². The van der Waals surface area contributed by atoms with Crippen LogP contribution in [0.2, 0.25) is 0 Å². The van der Waals surface area contributed by atoms with Gasteiger partial charge in [0.2, 0.25) is 0 Å². The molecule has 1 aliphatic carbocycles. The van der Waals surface area contributed by atoms with Crippen LogP contribution in [0, 0.1) is 17.3 Å². The third kappa shape index (κ3) is 3.75. The topological polar surface area (TPSA) is 35.5 Å². The molecule has 1 saturated heterocycles. The molecule has 0 amide bonds. The minimum atomic E-state index is -0.0685. The quantitative estimate of drug-likeness (QED) is 0.786. The zero-order chi connectivity index (χ0) is 15.0. The van der Waals surface area contributed by atoms with Crippen molar-refractivity contribution in [3.05, 3.63) is 0 Å². The Morgan fingerprint density at radius 1 is 1.15 bits per heavy atom. The van der Waals surface area contributed by atoms with E-state index in [2.05, 4.69) is 44.8 Å². The van der Waals surface area contributed by atoms with Crippen LogP contribution in [0.25, 0.3) is 0 Å². The first-order chi connectivity index (χ1) is 9.27.